The van der Waals surface area contributed by atoms with Crippen molar-refractivity contribution in [3.8, 4) is 0 Å². The predicted octanol–water partition coefficient (Wildman–Crippen LogP) is 1.60. The van der Waals surface area contributed by atoms with E-state index < -0.39 is 0 Å². The van der Waals surface area contributed by atoms with Gasteiger partial charge in [0, 0.05) is 17.6 Å². The van der Waals surface area contributed by atoms with Crippen LogP contribution in [0.3, 0.4) is 0 Å². The maximum atomic E-state index is 11.7. The van der Waals surface area contributed by atoms with E-state index in [-0.39, 0.29) is 18.0 Å². The zero-order valence-corrected chi connectivity index (χ0v) is 9.69. The molecule has 1 aliphatic carbocycles. The summed E-state index contributed by atoms with van der Waals surface area (Å²) in [6, 6.07) is 2.27. The van der Waals surface area contributed by atoms with E-state index in [1.807, 2.05) is 19.9 Å². The minimum Gasteiger partial charge on any atom is -0.472 e. The van der Waals surface area contributed by atoms with Gasteiger partial charge in [-0.1, -0.05) is 0 Å². The minimum absolute atomic E-state index is 0.0813. The van der Waals surface area contributed by atoms with Crippen LogP contribution in [0.4, 0.5) is 0 Å². The first-order valence-electron chi connectivity index (χ1n) is 5.75. The number of carbonyl (C=O) groups is 1. The summed E-state index contributed by atoms with van der Waals surface area (Å²) in [5.41, 5.74) is 1.06. The second-order valence-electron chi connectivity index (χ2n) is 4.45. The van der Waals surface area contributed by atoms with E-state index in [0.717, 1.165) is 18.4 Å². The van der Waals surface area contributed by atoms with Crippen LogP contribution in [0, 0.1) is 0 Å². The van der Waals surface area contributed by atoms with Crippen LogP contribution >= 0.6 is 0 Å². The third-order valence-electron chi connectivity index (χ3n) is 2.86. The van der Waals surface area contributed by atoms with Crippen molar-refractivity contribution in [2.45, 2.75) is 44.8 Å². The molecule has 1 heterocycles. The monoisotopic (exact) mass is 222 g/mol. The molecule has 0 aliphatic heterocycles. The first-order valence-corrected chi connectivity index (χ1v) is 5.75. The first-order chi connectivity index (χ1) is 7.66. The third kappa shape index (κ3) is 2.85. The van der Waals surface area contributed by atoms with Gasteiger partial charge in [-0.2, -0.15) is 0 Å². The Morgan fingerprint density at radius 2 is 2.25 bits per heavy atom. The largest absolute Gasteiger partial charge is 0.472 e. The fourth-order valence-corrected chi connectivity index (χ4v) is 1.62. The molecular formula is C12H18N2O2. The maximum Gasteiger partial charge on any atom is 0.237 e. The van der Waals surface area contributed by atoms with Gasteiger partial charge in [0.2, 0.25) is 5.91 Å². The first kappa shape index (κ1) is 11.2. The molecule has 0 radical (unpaired) electrons. The van der Waals surface area contributed by atoms with Gasteiger partial charge >= 0.3 is 0 Å². The Morgan fingerprint density at radius 3 is 2.81 bits per heavy atom. The van der Waals surface area contributed by atoms with Crippen molar-refractivity contribution in [1.29, 1.82) is 0 Å². The number of furan rings is 1. The Hall–Kier alpha value is -1.29. The van der Waals surface area contributed by atoms with E-state index in [1.165, 1.54) is 0 Å². The molecule has 4 heteroatoms. The van der Waals surface area contributed by atoms with Gasteiger partial charge in [0.25, 0.3) is 0 Å². The lowest BCUT2D eigenvalue weighted by Gasteiger charge is -2.18. The molecule has 16 heavy (non-hydrogen) atoms. The van der Waals surface area contributed by atoms with Gasteiger partial charge < -0.3 is 9.73 Å². The van der Waals surface area contributed by atoms with Gasteiger partial charge in [-0.15, -0.1) is 0 Å². The number of hydrogen-bond acceptors (Lipinski definition) is 3. The van der Waals surface area contributed by atoms with Crippen LogP contribution < -0.4 is 10.6 Å². The highest BCUT2D eigenvalue weighted by Crippen LogP contribution is 2.19. The molecule has 1 fully saturated rings. The lowest BCUT2D eigenvalue weighted by atomic mass is 10.1. The van der Waals surface area contributed by atoms with Crippen LogP contribution in [0.1, 0.15) is 38.3 Å². The fourth-order valence-electron chi connectivity index (χ4n) is 1.62. The molecule has 2 rings (SSSR count). The SMILES string of the molecule is CC(NC(C)c1ccoc1)C(=O)NC1CC1. The van der Waals surface area contributed by atoms with Crippen molar-refractivity contribution in [1.82, 2.24) is 10.6 Å². The van der Waals surface area contributed by atoms with Gasteiger partial charge in [-0.3, -0.25) is 10.1 Å². The van der Waals surface area contributed by atoms with Crippen LogP contribution in [0.15, 0.2) is 23.0 Å². The van der Waals surface area contributed by atoms with Gasteiger partial charge in [-0.05, 0) is 32.8 Å². The van der Waals surface area contributed by atoms with Crippen LogP contribution in [0.2, 0.25) is 0 Å². The Labute approximate surface area is 95.4 Å². The molecular weight excluding hydrogens is 204 g/mol. The summed E-state index contributed by atoms with van der Waals surface area (Å²) in [7, 11) is 0. The van der Waals surface area contributed by atoms with Gasteiger partial charge in [0.05, 0.1) is 18.6 Å². The minimum atomic E-state index is -0.175. The Balaban J connectivity index is 1.81. The average Bonchev–Trinajstić information content (AvgIpc) is 2.89. The third-order valence-corrected chi connectivity index (χ3v) is 2.86. The molecule has 1 aromatic rings. The fraction of sp³-hybridized carbons (Fsp3) is 0.583. The van der Waals surface area contributed by atoms with E-state index in [2.05, 4.69) is 10.6 Å². The molecule has 1 aliphatic rings. The summed E-state index contributed by atoms with van der Waals surface area (Å²) in [5, 5.41) is 6.22. The highest BCUT2D eigenvalue weighted by atomic mass is 16.3. The second-order valence-corrected chi connectivity index (χ2v) is 4.45. The van der Waals surface area contributed by atoms with Crippen molar-refractivity contribution in [3.05, 3.63) is 24.2 Å². The molecule has 1 aromatic heterocycles. The summed E-state index contributed by atoms with van der Waals surface area (Å²) in [6.07, 6.45) is 5.58. The molecule has 2 unspecified atom stereocenters. The van der Waals surface area contributed by atoms with Crippen LogP contribution in [0.5, 0.6) is 0 Å². The van der Waals surface area contributed by atoms with Crippen molar-refractivity contribution >= 4 is 5.91 Å². The molecule has 88 valence electrons. The molecule has 1 amide bonds. The summed E-state index contributed by atoms with van der Waals surface area (Å²) in [6.45, 7) is 3.90. The Bertz CT molecular complexity index is 344. The van der Waals surface area contributed by atoms with E-state index >= 15 is 0 Å². The topological polar surface area (TPSA) is 54.3 Å². The van der Waals surface area contributed by atoms with Gasteiger partial charge in [0.15, 0.2) is 0 Å². The quantitative estimate of drug-likeness (QED) is 0.795. The zero-order valence-electron chi connectivity index (χ0n) is 9.69. The lowest BCUT2D eigenvalue weighted by Crippen LogP contribution is -2.43. The normalized spacial score (nSPS) is 19.1. The van der Waals surface area contributed by atoms with Crippen molar-refractivity contribution in [3.63, 3.8) is 0 Å². The van der Waals surface area contributed by atoms with Crippen molar-refractivity contribution < 1.29 is 9.21 Å². The maximum absolute atomic E-state index is 11.7. The van der Waals surface area contributed by atoms with E-state index in [0.29, 0.717) is 6.04 Å². The highest BCUT2D eigenvalue weighted by molar-refractivity contribution is 5.81. The van der Waals surface area contributed by atoms with Crippen LogP contribution in [-0.4, -0.2) is 18.0 Å². The van der Waals surface area contributed by atoms with Gasteiger partial charge in [-0.25, -0.2) is 0 Å². The van der Waals surface area contributed by atoms with Crippen molar-refractivity contribution in [2.24, 2.45) is 0 Å². The molecule has 0 bridgehead atoms. The zero-order chi connectivity index (χ0) is 11.5. The van der Waals surface area contributed by atoms with Crippen LogP contribution in [0.25, 0.3) is 0 Å². The van der Waals surface area contributed by atoms with E-state index in [1.54, 1.807) is 12.5 Å². The van der Waals surface area contributed by atoms with E-state index in [9.17, 15) is 4.79 Å². The number of carbonyl (C=O) groups excluding carboxylic acids is 1. The smallest absolute Gasteiger partial charge is 0.237 e. The lowest BCUT2D eigenvalue weighted by molar-refractivity contribution is -0.123. The van der Waals surface area contributed by atoms with Crippen LogP contribution in [-0.2, 0) is 4.79 Å². The molecule has 2 N–H and O–H groups in total. The summed E-state index contributed by atoms with van der Waals surface area (Å²) < 4.78 is 5.01. The standard InChI is InChI=1S/C12H18N2O2/c1-8(10-5-6-16-7-10)13-9(2)12(15)14-11-3-4-11/h5-9,11,13H,3-4H2,1-2H3,(H,14,15). The molecule has 2 atom stereocenters. The molecule has 0 aromatic carbocycles. The summed E-state index contributed by atoms with van der Waals surface area (Å²) in [5.74, 6) is 0.0813. The number of amides is 1. The Kier molecular flexibility index (Phi) is 3.29. The summed E-state index contributed by atoms with van der Waals surface area (Å²) >= 11 is 0. The molecule has 4 nitrogen and oxygen atoms in total. The van der Waals surface area contributed by atoms with Gasteiger partial charge in [0.1, 0.15) is 0 Å². The Morgan fingerprint density at radius 1 is 1.50 bits per heavy atom. The number of nitrogens with one attached hydrogen (secondary N) is 2. The molecule has 0 saturated heterocycles. The van der Waals surface area contributed by atoms with E-state index in [4.69, 9.17) is 4.42 Å². The van der Waals surface area contributed by atoms with Crippen molar-refractivity contribution in [2.75, 3.05) is 0 Å². The predicted molar refractivity (Wildman–Crippen MR) is 60.9 cm³/mol. The number of rotatable bonds is 5. The second kappa shape index (κ2) is 4.70. The number of hydrogen-bond donors (Lipinski definition) is 2. The molecule has 1 saturated carbocycles. The highest BCUT2D eigenvalue weighted by Gasteiger charge is 2.26. The molecule has 0 spiro atoms. The average molecular weight is 222 g/mol. The summed E-state index contributed by atoms with van der Waals surface area (Å²) in [4.78, 5) is 11.7.